The summed E-state index contributed by atoms with van der Waals surface area (Å²) in [6, 6.07) is 15.7. The maximum atomic E-state index is 14.3. The van der Waals surface area contributed by atoms with Gasteiger partial charge in [-0.2, -0.15) is 5.10 Å². The number of rotatable bonds is 10. The predicted octanol–water partition coefficient (Wildman–Crippen LogP) is 7.45. The Morgan fingerprint density at radius 3 is 2.36 bits per heavy atom. The quantitative estimate of drug-likeness (QED) is 0.264. The molecule has 0 bridgehead atoms. The molecule has 0 spiro atoms. The highest BCUT2D eigenvalue weighted by Gasteiger charge is 2.33. The van der Waals surface area contributed by atoms with Crippen LogP contribution >= 0.6 is 0 Å². The number of aromatic nitrogens is 2. The highest BCUT2D eigenvalue weighted by molar-refractivity contribution is 5.95. The number of aryl methyl sites for hydroxylation is 1. The van der Waals surface area contributed by atoms with E-state index in [4.69, 9.17) is 4.74 Å². The lowest BCUT2D eigenvalue weighted by atomic mass is 9.77. The molecule has 0 unspecified atom stereocenters. The Hall–Kier alpha value is -3.61. The van der Waals surface area contributed by atoms with E-state index < -0.39 is 0 Å². The van der Waals surface area contributed by atoms with Crippen molar-refractivity contribution in [2.24, 2.45) is 17.8 Å². The van der Waals surface area contributed by atoms with Gasteiger partial charge in [0.1, 0.15) is 5.75 Å². The van der Waals surface area contributed by atoms with Crippen LogP contribution in [0.5, 0.6) is 5.75 Å². The van der Waals surface area contributed by atoms with Gasteiger partial charge in [-0.15, -0.1) is 0 Å². The molecule has 0 saturated heterocycles. The molecule has 1 N–H and O–H groups in total. The van der Waals surface area contributed by atoms with Crippen molar-refractivity contribution in [2.75, 3.05) is 25.1 Å². The van der Waals surface area contributed by atoms with Crippen LogP contribution in [0.4, 0.5) is 5.69 Å². The summed E-state index contributed by atoms with van der Waals surface area (Å²) >= 11 is 0. The highest BCUT2D eigenvalue weighted by atomic mass is 16.5. The summed E-state index contributed by atoms with van der Waals surface area (Å²) in [6.07, 6.45) is 14.8. The van der Waals surface area contributed by atoms with Crippen molar-refractivity contribution in [2.45, 2.75) is 90.0 Å². The summed E-state index contributed by atoms with van der Waals surface area (Å²) in [5, 5.41) is 7.59. The molecule has 2 amide bonds. The summed E-state index contributed by atoms with van der Waals surface area (Å²) in [7, 11) is 1.73. The molecule has 0 aliphatic heterocycles. The van der Waals surface area contributed by atoms with Crippen LogP contribution in [0.15, 0.2) is 54.9 Å². The molecular formula is C37H48N4O3. The Balaban J connectivity index is 1.17. The molecule has 44 heavy (non-hydrogen) atoms. The van der Waals surface area contributed by atoms with E-state index >= 15 is 0 Å². The molecule has 3 saturated carbocycles. The SMILES string of the molecule is COc1ccc([C@H]2CC[C@H](CN(c3cccc(-c4cnn(C5CC5)c4)c3)C(=O)[C@H]3CC[C@H](CNC(C)=O)CC3)CC2)cc1C. The largest absolute Gasteiger partial charge is 0.496 e. The van der Waals surface area contributed by atoms with Crippen molar-refractivity contribution in [1.82, 2.24) is 15.1 Å². The van der Waals surface area contributed by atoms with Gasteiger partial charge in [-0.3, -0.25) is 14.3 Å². The van der Waals surface area contributed by atoms with E-state index in [0.717, 1.165) is 80.5 Å². The van der Waals surface area contributed by atoms with Gasteiger partial charge < -0.3 is 15.0 Å². The van der Waals surface area contributed by atoms with Gasteiger partial charge in [-0.05, 0) is 124 Å². The van der Waals surface area contributed by atoms with Crippen molar-refractivity contribution in [3.63, 3.8) is 0 Å². The Kier molecular flexibility index (Phi) is 9.39. The molecule has 0 atom stereocenters. The van der Waals surface area contributed by atoms with Crippen molar-refractivity contribution in [3.8, 4) is 16.9 Å². The fraction of sp³-hybridized carbons (Fsp3) is 0.541. The maximum Gasteiger partial charge on any atom is 0.230 e. The van der Waals surface area contributed by atoms with Gasteiger partial charge >= 0.3 is 0 Å². The minimum absolute atomic E-state index is 0.0220. The minimum atomic E-state index is 0.0220. The molecule has 7 nitrogen and oxygen atoms in total. The molecule has 0 radical (unpaired) electrons. The fourth-order valence-electron chi connectivity index (χ4n) is 7.42. The van der Waals surface area contributed by atoms with E-state index in [0.29, 0.717) is 30.3 Å². The number of methoxy groups -OCH3 is 1. The first-order chi connectivity index (χ1) is 21.4. The van der Waals surface area contributed by atoms with E-state index in [1.54, 1.807) is 14.0 Å². The second kappa shape index (κ2) is 13.6. The number of hydrogen-bond donors (Lipinski definition) is 1. The third-order valence-electron chi connectivity index (χ3n) is 10.3. The topological polar surface area (TPSA) is 76.5 Å². The molecule has 1 aromatic heterocycles. The number of ether oxygens (including phenoxy) is 1. The van der Waals surface area contributed by atoms with Crippen LogP contribution in [0.25, 0.3) is 11.1 Å². The molecule has 1 heterocycles. The van der Waals surface area contributed by atoms with Gasteiger partial charge in [-0.25, -0.2) is 0 Å². The zero-order chi connectivity index (χ0) is 30.6. The third-order valence-corrected chi connectivity index (χ3v) is 10.3. The zero-order valence-electron chi connectivity index (χ0n) is 26.6. The van der Waals surface area contributed by atoms with E-state index in [1.165, 1.54) is 24.0 Å². The number of amides is 2. The van der Waals surface area contributed by atoms with Gasteiger partial charge in [0.2, 0.25) is 11.8 Å². The van der Waals surface area contributed by atoms with Crippen LogP contribution in [0.1, 0.15) is 94.2 Å². The van der Waals surface area contributed by atoms with Crippen LogP contribution in [-0.4, -0.2) is 41.8 Å². The number of nitrogens with zero attached hydrogens (tertiary/aromatic N) is 3. The first-order valence-corrected chi connectivity index (χ1v) is 16.7. The summed E-state index contributed by atoms with van der Waals surface area (Å²) < 4.78 is 7.57. The van der Waals surface area contributed by atoms with Gasteiger partial charge in [0.15, 0.2) is 0 Å². The first-order valence-electron chi connectivity index (χ1n) is 16.7. The van der Waals surface area contributed by atoms with Crippen LogP contribution in [0, 0.1) is 24.7 Å². The lowest BCUT2D eigenvalue weighted by molar-refractivity contribution is -0.124. The Morgan fingerprint density at radius 2 is 1.68 bits per heavy atom. The van der Waals surface area contributed by atoms with Gasteiger partial charge in [0.05, 0.1) is 19.3 Å². The second-order valence-electron chi connectivity index (χ2n) is 13.5. The van der Waals surface area contributed by atoms with Crippen molar-refractivity contribution in [3.05, 3.63) is 66.0 Å². The number of anilines is 1. The summed E-state index contributed by atoms with van der Waals surface area (Å²) in [4.78, 5) is 27.8. The van der Waals surface area contributed by atoms with E-state index in [-0.39, 0.29) is 17.7 Å². The number of hydrogen-bond acceptors (Lipinski definition) is 4. The molecule has 6 rings (SSSR count). The number of nitrogens with one attached hydrogen (secondary N) is 1. The van der Waals surface area contributed by atoms with Crippen molar-refractivity contribution >= 4 is 17.5 Å². The summed E-state index contributed by atoms with van der Waals surface area (Å²) in [6.45, 7) is 5.18. The third kappa shape index (κ3) is 7.19. The monoisotopic (exact) mass is 596 g/mol. The van der Waals surface area contributed by atoms with E-state index in [2.05, 4.69) is 75.6 Å². The molecule has 3 fully saturated rings. The summed E-state index contributed by atoms with van der Waals surface area (Å²) in [5.41, 5.74) is 5.83. The number of benzene rings is 2. The Morgan fingerprint density at radius 1 is 0.932 bits per heavy atom. The lowest BCUT2D eigenvalue weighted by Crippen LogP contribution is -2.42. The molecule has 3 aliphatic carbocycles. The molecule has 2 aromatic carbocycles. The smallest absolute Gasteiger partial charge is 0.230 e. The standard InChI is InChI=1S/C37H48N4O3/c1-25-19-32(15-18-36(25)44-3)29-11-9-28(10-12-29)23-40(37(43)30-13-7-27(8-14-30)21-38-26(2)42)35-6-4-5-31(20-35)33-22-39-41(24-33)34-16-17-34/h4-6,15,18-20,22,24,27-30,34H,7-14,16-17,21,23H2,1-3H3,(H,38,42)/t27-,28-,29-,30-. The van der Waals surface area contributed by atoms with E-state index in [9.17, 15) is 9.59 Å². The molecule has 3 aromatic rings. The lowest BCUT2D eigenvalue weighted by Gasteiger charge is -2.36. The van der Waals surface area contributed by atoms with Gasteiger partial charge in [0, 0.05) is 43.4 Å². The molecule has 7 heteroatoms. The first kappa shape index (κ1) is 30.4. The average Bonchev–Trinajstić information content (AvgIpc) is 3.78. The fourth-order valence-corrected chi connectivity index (χ4v) is 7.42. The Labute approximate surface area is 262 Å². The van der Waals surface area contributed by atoms with Crippen LogP contribution in [-0.2, 0) is 9.59 Å². The second-order valence-corrected chi connectivity index (χ2v) is 13.5. The maximum absolute atomic E-state index is 14.3. The molecular weight excluding hydrogens is 548 g/mol. The van der Waals surface area contributed by atoms with E-state index in [1.807, 2.05) is 6.20 Å². The highest BCUT2D eigenvalue weighted by Crippen LogP contribution is 2.40. The van der Waals surface area contributed by atoms with Crippen LogP contribution in [0.2, 0.25) is 0 Å². The molecule has 3 aliphatic rings. The minimum Gasteiger partial charge on any atom is -0.496 e. The van der Waals surface area contributed by atoms with Crippen LogP contribution < -0.4 is 15.0 Å². The number of carbonyl (C=O) groups is 2. The van der Waals surface area contributed by atoms with Crippen LogP contribution in [0.3, 0.4) is 0 Å². The average molecular weight is 597 g/mol. The summed E-state index contributed by atoms with van der Waals surface area (Å²) in [5.74, 6) is 2.76. The van der Waals surface area contributed by atoms with Gasteiger partial charge in [-0.1, -0.05) is 24.3 Å². The Bertz CT molecular complexity index is 1440. The van der Waals surface area contributed by atoms with Crippen molar-refractivity contribution < 1.29 is 14.3 Å². The van der Waals surface area contributed by atoms with Gasteiger partial charge in [0.25, 0.3) is 0 Å². The predicted molar refractivity (Wildman–Crippen MR) is 175 cm³/mol. The number of carbonyl (C=O) groups excluding carboxylic acids is 2. The zero-order valence-corrected chi connectivity index (χ0v) is 26.6. The normalized spacial score (nSPS) is 23.6. The molecule has 234 valence electrons. The van der Waals surface area contributed by atoms with Crippen molar-refractivity contribution in [1.29, 1.82) is 0 Å².